The van der Waals surface area contributed by atoms with Gasteiger partial charge in [-0.05, 0) is 31.3 Å². The van der Waals surface area contributed by atoms with Crippen molar-refractivity contribution >= 4 is 23.0 Å². The Labute approximate surface area is 180 Å². The normalized spacial score (nSPS) is 24.3. The Morgan fingerprint density at radius 1 is 1.42 bits per heavy atom. The van der Waals surface area contributed by atoms with E-state index in [1.165, 1.54) is 12.3 Å². The minimum Gasteiger partial charge on any atom is -0.473 e. The van der Waals surface area contributed by atoms with Gasteiger partial charge in [0.1, 0.15) is 11.6 Å². The number of aromatic amines is 1. The van der Waals surface area contributed by atoms with E-state index in [9.17, 15) is 14.7 Å². The summed E-state index contributed by atoms with van der Waals surface area (Å²) >= 11 is 0. The maximum absolute atomic E-state index is 12.7. The van der Waals surface area contributed by atoms with Crippen LogP contribution in [0.2, 0.25) is 0 Å². The summed E-state index contributed by atoms with van der Waals surface area (Å²) in [6.07, 6.45) is 8.09. The highest BCUT2D eigenvalue weighted by molar-refractivity contribution is 6.04. The maximum atomic E-state index is 12.7. The highest BCUT2D eigenvalue weighted by atomic mass is 16.5. The number of aromatic nitrogens is 3. The molecule has 3 N–H and O–H groups in total. The highest BCUT2D eigenvalue weighted by Gasteiger charge is 2.35. The van der Waals surface area contributed by atoms with Gasteiger partial charge in [-0.25, -0.2) is 9.97 Å². The largest absolute Gasteiger partial charge is 0.473 e. The lowest BCUT2D eigenvalue weighted by molar-refractivity contribution is -0.127. The van der Waals surface area contributed by atoms with Crippen LogP contribution >= 0.6 is 0 Å². The minimum absolute atomic E-state index is 0.0700. The van der Waals surface area contributed by atoms with Crippen molar-refractivity contribution in [3.63, 3.8) is 0 Å². The van der Waals surface area contributed by atoms with Gasteiger partial charge in [0.2, 0.25) is 11.8 Å². The van der Waals surface area contributed by atoms with Crippen molar-refractivity contribution < 1.29 is 19.4 Å². The molecule has 2 amide bonds. The smallest absolute Gasteiger partial charge is 0.255 e. The number of amides is 2. The lowest BCUT2D eigenvalue weighted by Crippen LogP contribution is -2.41. The van der Waals surface area contributed by atoms with Gasteiger partial charge in [-0.3, -0.25) is 9.59 Å². The third kappa shape index (κ3) is 4.71. The van der Waals surface area contributed by atoms with Crippen molar-refractivity contribution in [1.82, 2.24) is 25.2 Å². The van der Waals surface area contributed by atoms with Crippen LogP contribution in [0.3, 0.4) is 0 Å². The van der Waals surface area contributed by atoms with Gasteiger partial charge in [-0.1, -0.05) is 13.5 Å². The summed E-state index contributed by atoms with van der Waals surface area (Å²) in [5, 5.41) is 13.5. The standard InChI is InChI=1S/C22H29N5O4/c1-3-18(28)27-8-5-15(6-9-27)31-17-12-24-20-19(26-17)16(11-23-20)21(29)25-13-22(30)7-4-14(2)10-22/h3,11-12,14-15,30H,1,4-10,13H2,2H3,(H,23,24)(H,25,29)/t14-,22?/m1/s1. The van der Waals surface area contributed by atoms with E-state index in [-0.39, 0.29) is 24.5 Å². The molecule has 1 aliphatic carbocycles. The predicted octanol–water partition coefficient (Wildman–Crippen LogP) is 1.79. The average molecular weight is 428 g/mol. The second-order valence-electron chi connectivity index (χ2n) is 8.71. The highest BCUT2D eigenvalue weighted by Crippen LogP contribution is 2.33. The van der Waals surface area contributed by atoms with E-state index in [2.05, 4.69) is 33.8 Å². The second-order valence-corrected chi connectivity index (χ2v) is 8.71. The van der Waals surface area contributed by atoms with Gasteiger partial charge in [0.25, 0.3) is 5.91 Å². The zero-order valence-corrected chi connectivity index (χ0v) is 17.8. The van der Waals surface area contributed by atoms with Crippen molar-refractivity contribution in [3.05, 3.63) is 30.6 Å². The number of carbonyl (C=O) groups is 2. The van der Waals surface area contributed by atoms with E-state index in [1.54, 1.807) is 11.1 Å². The SMILES string of the molecule is C=CC(=O)N1CCC(Oc2cnc3[nH]cc(C(=O)NCC4(O)CC[C@@H](C)C4)c3n2)CC1. The molecule has 31 heavy (non-hydrogen) atoms. The summed E-state index contributed by atoms with van der Waals surface area (Å²) in [6.45, 7) is 7.05. The van der Waals surface area contributed by atoms with Gasteiger partial charge in [-0.15, -0.1) is 0 Å². The number of ether oxygens (including phenoxy) is 1. The van der Waals surface area contributed by atoms with Crippen LogP contribution in [0.5, 0.6) is 5.88 Å². The van der Waals surface area contributed by atoms with Crippen LogP contribution in [0.1, 0.15) is 49.4 Å². The molecule has 1 aliphatic heterocycles. The fraction of sp³-hybridized carbons (Fsp3) is 0.545. The zero-order chi connectivity index (χ0) is 22.0. The number of H-pyrrole nitrogens is 1. The third-order valence-corrected chi connectivity index (χ3v) is 6.23. The van der Waals surface area contributed by atoms with Crippen molar-refractivity contribution in [3.8, 4) is 5.88 Å². The Bertz CT molecular complexity index is 981. The molecule has 2 aromatic heterocycles. The number of hydrogen-bond donors (Lipinski definition) is 3. The molecular weight excluding hydrogens is 398 g/mol. The van der Waals surface area contributed by atoms with Crippen molar-refractivity contribution in [2.45, 2.75) is 50.7 Å². The molecule has 9 nitrogen and oxygen atoms in total. The summed E-state index contributed by atoms with van der Waals surface area (Å²) in [7, 11) is 0. The average Bonchev–Trinajstić information content (AvgIpc) is 3.35. The van der Waals surface area contributed by atoms with Gasteiger partial charge in [0.05, 0.1) is 17.4 Å². The molecule has 1 saturated heterocycles. The van der Waals surface area contributed by atoms with Crippen LogP contribution in [0.25, 0.3) is 11.2 Å². The van der Waals surface area contributed by atoms with Crippen LogP contribution in [0.4, 0.5) is 0 Å². The summed E-state index contributed by atoms with van der Waals surface area (Å²) in [5.41, 5.74) is 0.454. The maximum Gasteiger partial charge on any atom is 0.255 e. The number of nitrogens with one attached hydrogen (secondary N) is 2. The first kappa shape index (κ1) is 21.3. The molecule has 2 fully saturated rings. The molecular formula is C22H29N5O4. The summed E-state index contributed by atoms with van der Waals surface area (Å²) in [6, 6.07) is 0. The number of hydrogen-bond acceptors (Lipinski definition) is 6. The molecule has 0 aromatic carbocycles. The Morgan fingerprint density at radius 2 is 2.19 bits per heavy atom. The van der Waals surface area contributed by atoms with E-state index < -0.39 is 5.60 Å². The van der Waals surface area contributed by atoms with E-state index in [0.717, 1.165) is 6.42 Å². The lowest BCUT2D eigenvalue weighted by Gasteiger charge is -2.31. The van der Waals surface area contributed by atoms with Crippen molar-refractivity contribution in [2.24, 2.45) is 5.92 Å². The van der Waals surface area contributed by atoms with Crippen LogP contribution in [0, 0.1) is 5.92 Å². The molecule has 4 rings (SSSR count). The molecule has 0 bridgehead atoms. The number of fused-ring (bicyclic) bond motifs is 1. The molecule has 1 saturated carbocycles. The van der Waals surface area contributed by atoms with Gasteiger partial charge < -0.3 is 25.0 Å². The first-order chi connectivity index (χ1) is 14.9. The number of nitrogens with zero attached hydrogens (tertiary/aromatic N) is 3. The fourth-order valence-corrected chi connectivity index (χ4v) is 4.47. The van der Waals surface area contributed by atoms with E-state index in [1.807, 2.05) is 0 Å². The van der Waals surface area contributed by atoms with Crippen LogP contribution in [0.15, 0.2) is 25.0 Å². The second kappa shape index (κ2) is 8.66. The number of carbonyl (C=O) groups excluding carboxylic acids is 2. The Balaban J connectivity index is 1.40. The molecule has 0 radical (unpaired) electrons. The molecule has 1 unspecified atom stereocenters. The first-order valence-electron chi connectivity index (χ1n) is 10.8. The summed E-state index contributed by atoms with van der Waals surface area (Å²) in [4.78, 5) is 38.0. The Kier molecular flexibility index (Phi) is 5.95. The lowest BCUT2D eigenvalue weighted by atomic mass is 10.0. The number of aliphatic hydroxyl groups is 1. The molecule has 9 heteroatoms. The molecule has 166 valence electrons. The molecule has 2 atom stereocenters. The quantitative estimate of drug-likeness (QED) is 0.605. The number of rotatable bonds is 6. The zero-order valence-electron chi connectivity index (χ0n) is 17.8. The van der Waals surface area contributed by atoms with E-state index in [0.29, 0.717) is 67.3 Å². The molecule has 3 heterocycles. The first-order valence-corrected chi connectivity index (χ1v) is 10.8. The van der Waals surface area contributed by atoms with Crippen LogP contribution in [-0.2, 0) is 4.79 Å². The molecule has 2 aromatic rings. The Hall–Kier alpha value is -2.94. The Morgan fingerprint density at radius 3 is 2.87 bits per heavy atom. The fourth-order valence-electron chi connectivity index (χ4n) is 4.47. The predicted molar refractivity (Wildman–Crippen MR) is 115 cm³/mol. The van der Waals surface area contributed by atoms with Gasteiger partial charge in [0.15, 0.2) is 5.65 Å². The monoisotopic (exact) mass is 427 g/mol. The van der Waals surface area contributed by atoms with Crippen LogP contribution in [-0.4, -0.2) is 68.1 Å². The van der Waals surface area contributed by atoms with Gasteiger partial charge >= 0.3 is 0 Å². The van der Waals surface area contributed by atoms with E-state index >= 15 is 0 Å². The van der Waals surface area contributed by atoms with Crippen LogP contribution < -0.4 is 10.1 Å². The van der Waals surface area contributed by atoms with Gasteiger partial charge in [0, 0.05) is 38.7 Å². The molecule has 0 spiro atoms. The summed E-state index contributed by atoms with van der Waals surface area (Å²) in [5.74, 6) is 0.432. The number of likely N-dealkylation sites (tertiary alicyclic amines) is 1. The van der Waals surface area contributed by atoms with Crippen molar-refractivity contribution in [2.75, 3.05) is 19.6 Å². The third-order valence-electron chi connectivity index (χ3n) is 6.23. The number of piperidine rings is 1. The van der Waals surface area contributed by atoms with E-state index in [4.69, 9.17) is 4.74 Å². The van der Waals surface area contributed by atoms with Gasteiger partial charge in [-0.2, -0.15) is 0 Å². The topological polar surface area (TPSA) is 120 Å². The van der Waals surface area contributed by atoms with Crippen molar-refractivity contribution in [1.29, 1.82) is 0 Å². The molecule has 2 aliphatic rings. The minimum atomic E-state index is -0.844. The summed E-state index contributed by atoms with van der Waals surface area (Å²) < 4.78 is 5.98.